The Kier molecular flexibility index (Phi) is 4.77. The van der Waals surface area contributed by atoms with E-state index in [1.165, 1.54) is 17.9 Å². The van der Waals surface area contributed by atoms with Crippen LogP contribution in [0.1, 0.15) is 58.8 Å². The molecule has 0 saturated carbocycles. The molecule has 3 rings (SSSR count). The molecule has 0 saturated heterocycles. The van der Waals surface area contributed by atoms with Gasteiger partial charge in [0.2, 0.25) is 0 Å². The van der Waals surface area contributed by atoms with E-state index >= 15 is 0 Å². The number of hydrogen-bond donors (Lipinski definition) is 2. The molecule has 1 heterocycles. The number of nitrogens with one attached hydrogen (secondary N) is 2. The maximum absolute atomic E-state index is 12.6. The van der Waals surface area contributed by atoms with E-state index in [2.05, 4.69) is 10.6 Å². The summed E-state index contributed by atoms with van der Waals surface area (Å²) < 4.78 is 0. The van der Waals surface area contributed by atoms with Gasteiger partial charge >= 0.3 is 6.03 Å². The summed E-state index contributed by atoms with van der Waals surface area (Å²) in [4.78, 5) is 49.8. The number of anilines is 2. The Hall–Kier alpha value is -3.48. The van der Waals surface area contributed by atoms with Crippen molar-refractivity contribution in [1.82, 2.24) is 4.90 Å². The number of amides is 4. The minimum absolute atomic E-state index is 0.0577. The molecule has 0 radical (unpaired) electrons. The summed E-state index contributed by atoms with van der Waals surface area (Å²) >= 11 is 0. The SMILES string of the molecule is CC(=O)c1ccc(NC(=O)Nc2ccc3c(c2)C(=O)N(C(C)(C)C)C3=O)cc1. The topological polar surface area (TPSA) is 95.6 Å². The molecule has 0 bridgehead atoms. The van der Waals surface area contributed by atoms with E-state index in [9.17, 15) is 19.2 Å². The van der Waals surface area contributed by atoms with Crippen LogP contribution in [0.4, 0.5) is 16.2 Å². The summed E-state index contributed by atoms with van der Waals surface area (Å²) in [6.07, 6.45) is 0. The Balaban J connectivity index is 1.74. The molecule has 7 nitrogen and oxygen atoms in total. The van der Waals surface area contributed by atoms with Crippen molar-refractivity contribution < 1.29 is 19.2 Å². The fourth-order valence-electron chi connectivity index (χ4n) is 3.01. The van der Waals surface area contributed by atoms with E-state index in [1.54, 1.807) is 57.2 Å². The summed E-state index contributed by atoms with van der Waals surface area (Å²) in [7, 11) is 0. The molecule has 2 aromatic rings. The van der Waals surface area contributed by atoms with Crippen LogP contribution >= 0.6 is 0 Å². The van der Waals surface area contributed by atoms with Crippen molar-refractivity contribution in [1.29, 1.82) is 0 Å². The fourth-order valence-corrected chi connectivity index (χ4v) is 3.01. The molecule has 0 atom stereocenters. The predicted molar refractivity (Wildman–Crippen MR) is 106 cm³/mol. The first-order valence-corrected chi connectivity index (χ1v) is 8.80. The first-order valence-electron chi connectivity index (χ1n) is 8.80. The van der Waals surface area contributed by atoms with Gasteiger partial charge in [0.25, 0.3) is 11.8 Å². The van der Waals surface area contributed by atoms with Gasteiger partial charge < -0.3 is 10.6 Å². The number of urea groups is 1. The lowest BCUT2D eigenvalue weighted by Crippen LogP contribution is -2.45. The Labute approximate surface area is 162 Å². The van der Waals surface area contributed by atoms with Crippen molar-refractivity contribution in [3.8, 4) is 0 Å². The molecular formula is C21H21N3O4. The zero-order valence-corrected chi connectivity index (χ0v) is 16.1. The number of fused-ring (bicyclic) bond motifs is 1. The Morgan fingerprint density at radius 2 is 1.36 bits per heavy atom. The second-order valence-corrected chi connectivity index (χ2v) is 7.59. The van der Waals surface area contributed by atoms with E-state index in [1.807, 2.05) is 0 Å². The lowest BCUT2D eigenvalue weighted by atomic mass is 10.1. The van der Waals surface area contributed by atoms with Crippen LogP contribution in [0.2, 0.25) is 0 Å². The average Bonchev–Trinajstić information content (AvgIpc) is 2.85. The predicted octanol–water partition coefficient (Wildman–Crippen LogP) is 3.93. The Morgan fingerprint density at radius 3 is 1.93 bits per heavy atom. The van der Waals surface area contributed by atoms with E-state index in [0.29, 0.717) is 22.5 Å². The molecule has 4 amide bonds. The van der Waals surface area contributed by atoms with Gasteiger partial charge in [-0.05, 0) is 70.2 Å². The van der Waals surface area contributed by atoms with Gasteiger partial charge in [0.15, 0.2) is 5.78 Å². The van der Waals surface area contributed by atoms with Gasteiger partial charge in [-0.2, -0.15) is 0 Å². The molecular weight excluding hydrogens is 358 g/mol. The Bertz CT molecular complexity index is 988. The van der Waals surface area contributed by atoms with Crippen molar-refractivity contribution in [2.75, 3.05) is 10.6 Å². The molecule has 28 heavy (non-hydrogen) atoms. The number of benzene rings is 2. The number of hydrogen-bond acceptors (Lipinski definition) is 4. The van der Waals surface area contributed by atoms with E-state index in [-0.39, 0.29) is 23.2 Å². The molecule has 0 aliphatic carbocycles. The number of nitrogens with zero attached hydrogens (tertiary/aromatic N) is 1. The molecule has 0 fully saturated rings. The van der Waals surface area contributed by atoms with Crippen LogP contribution in [0.5, 0.6) is 0 Å². The van der Waals surface area contributed by atoms with Gasteiger partial charge in [0, 0.05) is 22.5 Å². The normalized spacial score (nSPS) is 13.4. The smallest absolute Gasteiger partial charge is 0.308 e. The summed E-state index contributed by atoms with van der Waals surface area (Å²) in [5.41, 5.74) is 1.43. The minimum atomic E-state index is -0.635. The van der Waals surface area contributed by atoms with Gasteiger partial charge in [-0.25, -0.2) is 4.79 Å². The molecule has 1 aliphatic rings. The van der Waals surface area contributed by atoms with Crippen molar-refractivity contribution in [2.45, 2.75) is 33.2 Å². The molecule has 2 N–H and O–H groups in total. The Morgan fingerprint density at radius 1 is 0.821 bits per heavy atom. The van der Waals surface area contributed by atoms with Crippen LogP contribution in [0.3, 0.4) is 0 Å². The monoisotopic (exact) mass is 379 g/mol. The summed E-state index contributed by atoms with van der Waals surface area (Å²) in [6.45, 7) is 6.84. The summed E-state index contributed by atoms with van der Waals surface area (Å²) in [5, 5.41) is 5.30. The average molecular weight is 379 g/mol. The summed E-state index contributed by atoms with van der Waals surface area (Å²) in [5.74, 6) is -0.775. The van der Waals surface area contributed by atoms with Crippen LogP contribution in [-0.4, -0.2) is 34.1 Å². The third kappa shape index (κ3) is 3.64. The summed E-state index contributed by atoms with van der Waals surface area (Å²) in [6, 6.07) is 10.6. The first-order chi connectivity index (χ1) is 13.1. The third-order valence-electron chi connectivity index (χ3n) is 4.36. The number of rotatable bonds is 3. The van der Waals surface area contributed by atoms with Gasteiger partial charge in [-0.1, -0.05) is 0 Å². The van der Waals surface area contributed by atoms with E-state index in [0.717, 1.165) is 0 Å². The van der Waals surface area contributed by atoms with Crippen LogP contribution in [0, 0.1) is 0 Å². The largest absolute Gasteiger partial charge is 0.323 e. The van der Waals surface area contributed by atoms with E-state index < -0.39 is 11.6 Å². The highest BCUT2D eigenvalue weighted by Gasteiger charge is 2.41. The van der Waals surface area contributed by atoms with Crippen molar-refractivity contribution in [2.24, 2.45) is 0 Å². The van der Waals surface area contributed by atoms with Crippen molar-refractivity contribution in [3.05, 3.63) is 59.2 Å². The zero-order chi connectivity index (χ0) is 20.6. The number of Topliss-reactive ketones (excluding diaryl/α,β-unsaturated/α-hetero) is 1. The second-order valence-electron chi connectivity index (χ2n) is 7.59. The lowest BCUT2D eigenvalue weighted by Gasteiger charge is -2.29. The van der Waals surface area contributed by atoms with Gasteiger partial charge in [0.1, 0.15) is 0 Å². The number of carbonyl (C=O) groups is 4. The second kappa shape index (κ2) is 6.92. The minimum Gasteiger partial charge on any atom is -0.308 e. The maximum Gasteiger partial charge on any atom is 0.323 e. The van der Waals surface area contributed by atoms with Gasteiger partial charge in [-0.15, -0.1) is 0 Å². The molecule has 7 heteroatoms. The number of carbonyl (C=O) groups excluding carboxylic acids is 4. The van der Waals surface area contributed by atoms with Crippen LogP contribution in [0.25, 0.3) is 0 Å². The molecule has 144 valence electrons. The molecule has 2 aromatic carbocycles. The fraction of sp³-hybridized carbons (Fsp3) is 0.238. The van der Waals surface area contributed by atoms with E-state index in [4.69, 9.17) is 0 Å². The highest BCUT2D eigenvalue weighted by atomic mass is 16.2. The van der Waals surface area contributed by atoms with Crippen LogP contribution in [-0.2, 0) is 0 Å². The number of imide groups is 1. The lowest BCUT2D eigenvalue weighted by molar-refractivity contribution is 0.0507. The standard InChI is InChI=1S/C21H21N3O4/c1-12(25)13-5-7-14(8-6-13)22-20(28)23-15-9-10-16-17(11-15)19(27)24(18(16)26)21(2,3)4/h5-11H,1-4H3,(H2,22,23,28). The van der Waals surface area contributed by atoms with Gasteiger partial charge in [0.05, 0.1) is 11.1 Å². The van der Waals surface area contributed by atoms with Crippen molar-refractivity contribution in [3.63, 3.8) is 0 Å². The van der Waals surface area contributed by atoms with Crippen molar-refractivity contribution >= 4 is 35.0 Å². The molecule has 0 unspecified atom stereocenters. The maximum atomic E-state index is 12.6. The molecule has 0 aromatic heterocycles. The first kappa shape index (κ1) is 19.3. The number of ketones is 1. The quantitative estimate of drug-likeness (QED) is 0.624. The highest BCUT2D eigenvalue weighted by Crippen LogP contribution is 2.31. The van der Waals surface area contributed by atoms with Crippen LogP contribution in [0.15, 0.2) is 42.5 Å². The zero-order valence-electron chi connectivity index (χ0n) is 16.1. The third-order valence-corrected chi connectivity index (χ3v) is 4.36. The highest BCUT2D eigenvalue weighted by molar-refractivity contribution is 6.22. The molecule has 0 spiro atoms. The van der Waals surface area contributed by atoms with Gasteiger partial charge in [-0.3, -0.25) is 19.3 Å². The van der Waals surface area contributed by atoms with Crippen LogP contribution < -0.4 is 10.6 Å². The molecule has 1 aliphatic heterocycles.